The van der Waals surface area contributed by atoms with Crippen LogP contribution in [0.5, 0.6) is 0 Å². The van der Waals surface area contributed by atoms with Crippen molar-refractivity contribution < 1.29 is 13.6 Å². The maximum Gasteiger partial charge on any atom is 0.257 e. The fraction of sp³-hybridized carbons (Fsp3) is 0.462. The highest BCUT2D eigenvalue weighted by Gasteiger charge is 2.25. The van der Waals surface area contributed by atoms with E-state index >= 15 is 0 Å². The van der Waals surface area contributed by atoms with Crippen molar-refractivity contribution >= 4 is 5.91 Å². The fourth-order valence-electron chi connectivity index (χ4n) is 2.20. The van der Waals surface area contributed by atoms with E-state index in [4.69, 9.17) is 0 Å². The van der Waals surface area contributed by atoms with Gasteiger partial charge in [0, 0.05) is 12.1 Å². The van der Waals surface area contributed by atoms with Gasteiger partial charge in [-0.3, -0.25) is 4.79 Å². The molecule has 2 N–H and O–H groups in total. The summed E-state index contributed by atoms with van der Waals surface area (Å²) < 4.78 is 26.9. The number of benzene rings is 1. The van der Waals surface area contributed by atoms with Crippen LogP contribution in [0.3, 0.4) is 0 Å². The lowest BCUT2D eigenvalue weighted by atomic mass is 9.99. The summed E-state index contributed by atoms with van der Waals surface area (Å²) in [4.78, 5) is 11.9. The molecule has 2 rings (SSSR count). The van der Waals surface area contributed by atoms with Crippen molar-refractivity contribution in [1.82, 2.24) is 10.6 Å². The number of nitrogens with one attached hydrogen (secondary N) is 2. The Morgan fingerprint density at radius 1 is 1.39 bits per heavy atom. The first-order valence-corrected chi connectivity index (χ1v) is 6.08. The van der Waals surface area contributed by atoms with Gasteiger partial charge in [-0.05, 0) is 38.4 Å². The van der Waals surface area contributed by atoms with Gasteiger partial charge in [0.05, 0.1) is 0 Å². The summed E-state index contributed by atoms with van der Waals surface area (Å²) in [7, 11) is 0. The van der Waals surface area contributed by atoms with Crippen LogP contribution in [-0.4, -0.2) is 24.5 Å². The quantitative estimate of drug-likeness (QED) is 0.845. The predicted octanol–water partition coefficient (Wildman–Crippen LogP) is 1.84. The maximum atomic E-state index is 13.4. The summed E-state index contributed by atoms with van der Waals surface area (Å²) in [6.07, 6.45) is 1.75. The number of piperidine rings is 1. The van der Waals surface area contributed by atoms with Crippen LogP contribution in [0.25, 0.3) is 0 Å². The Bertz CT molecular complexity index is 430. The molecule has 5 heteroatoms. The number of hydrogen-bond donors (Lipinski definition) is 2. The van der Waals surface area contributed by atoms with Crippen LogP contribution in [0.1, 0.15) is 30.1 Å². The standard InChI is InChI=1S/C13H16F2N2O/c1-8-11(6-3-7-16-8)17-13(18)12-9(14)4-2-5-10(12)15/h2,4-5,8,11,16H,3,6-7H2,1H3,(H,17,18). The Kier molecular flexibility index (Phi) is 3.91. The van der Waals surface area contributed by atoms with E-state index < -0.39 is 23.1 Å². The number of carbonyl (C=O) groups is 1. The van der Waals surface area contributed by atoms with E-state index in [-0.39, 0.29) is 12.1 Å². The molecule has 1 heterocycles. The Balaban J connectivity index is 2.12. The third-order valence-corrected chi connectivity index (χ3v) is 3.27. The number of rotatable bonds is 2. The first-order chi connectivity index (χ1) is 8.59. The molecule has 0 bridgehead atoms. The Labute approximate surface area is 105 Å². The van der Waals surface area contributed by atoms with Gasteiger partial charge in [-0.1, -0.05) is 6.07 Å². The molecular formula is C13H16F2N2O. The van der Waals surface area contributed by atoms with Gasteiger partial charge in [0.1, 0.15) is 17.2 Å². The van der Waals surface area contributed by atoms with Crippen LogP contribution in [0.15, 0.2) is 18.2 Å². The molecule has 2 unspecified atom stereocenters. The van der Waals surface area contributed by atoms with E-state index in [9.17, 15) is 13.6 Å². The molecule has 0 spiro atoms. The zero-order valence-corrected chi connectivity index (χ0v) is 10.2. The van der Waals surface area contributed by atoms with E-state index in [1.54, 1.807) is 0 Å². The molecule has 1 aliphatic heterocycles. The highest BCUT2D eigenvalue weighted by Crippen LogP contribution is 2.14. The maximum absolute atomic E-state index is 13.4. The monoisotopic (exact) mass is 254 g/mol. The molecule has 1 saturated heterocycles. The highest BCUT2D eigenvalue weighted by molar-refractivity contribution is 5.95. The first kappa shape index (κ1) is 13.0. The highest BCUT2D eigenvalue weighted by atomic mass is 19.1. The second-order valence-corrected chi connectivity index (χ2v) is 4.56. The van der Waals surface area contributed by atoms with Gasteiger partial charge in [-0.2, -0.15) is 0 Å². The van der Waals surface area contributed by atoms with Crippen LogP contribution in [0.2, 0.25) is 0 Å². The molecule has 2 atom stereocenters. The van der Waals surface area contributed by atoms with Crippen LogP contribution < -0.4 is 10.6 Å². The predicted molar refractivity (Wildman–Crippen MR) is 64.3 cm³/mol. The zero-order valence-electron chi connectivity index (χ0n) is 10.2. The number of amides is 1. The Morgan fingerprint density at radius 3 is 2.67 bits per heavy atom. The minimum Gasteiger partial charge on any atom is -0.348 e. The minimum atomic E-state index is -0.830. The van der Waals surface area contributed by atoms with Crippen molar-refractivity contribution in [3.63, 3.8) is 0 Å². The smallest absolute Gasteiger partial charge is 0.257 e. The molecule has 1 aromatic rings. The summed E-state index contributed by atoms with van der Waals surface area (Å²) in [5.41, 5.74) is -0.504. The van der Waals surface area contributed by atoms with E-state index in [1.165, 1.54) is 6.07 Å². The summed E-state index contributed by atoms with van der Waals surface area (Å²) in [5, 5.41) is 5.90. The van der Waals surface area contributed by atoms with Crippen molar-refractivity contribution in [3.8, 4) is 0 Å². The van der Waals surface area contributed by atoms with Crippen LogP contribution in [0, 0.1) is 11.6 Å². The molecular weight excluding hydrogens is 238 g/mol. The normalized spacial score (nSPS) is 23.7. The van der Waals surface area contributed by atoms with E-state index in [1.807, 2.05) is 6.92 Å². The van der Waals surface area contributed by atoms with E-state index in [0.717, 1.165) is 31.5 Å². The van der Waals surface area contributed by atoms with Gasteiger partial charge in [0.15, 0.2) is 0 Å². The molecule has 0 aromatic heterocycles. The third kappa shape index (κ3) is 2.67. The van der Waals surface area contributed by atoms with Gasteiger partial charge in [-0.15, -0.1) is 0 Å². The zero-order chi connectivity index (χ0) is 13.1. The average Bonchev–Trinajstić information content (AvgIpc) is 2.32. The average molecular weight is 254 g/mol. The molecule has 98 valence electrons. The summed E-state index contributed by atoms with van der Waals surface area (Å²) >= 11 is 0. The van der Waals surface area contributed by atoms with Crippen LogP contribution in [0.4, 0.5) is 8.78 Å². The van der Waals surface area contributed by atoms with Crippen molar-refractivity contribution in [2.45, 2.75) is 31.8 Å². The second-order valence-electron chi connectivity index (χ2n) is 4.56. The molecule has 1 aromatic carbocycles. The van der Waals surface area contributed by atoms with Gasteiger partial charge in [-0.25, -0.2) is 8.78 Å². The van der Waals surface area contributed by atoms with Crippen molar-refractivity contribution in [3.05, 3.63) is 35.4 Å². The lowest BCUT2D eigenvalue weighted by Crippen LogP contribution is -2.52. The van der Waals surface area contributed by atoms with E-state index in [2.05, 4.69) is 10.6 Å². The molecule has 3 nitrogen and oxygen atoms in total. The molecule has 0 saturated carbocycles. The molecule has 0 aliphatic carbocycles. The fourth-order valence-corrected chi connectivity index (χ4v) is 2.20. The number of halogens is 2. The lowest BCUT2D eigenvalue weighted by molar-refractivity contribution is 0.0911. The van der Waals surface area contributed by atoms with Gasteiger partial charge in [0.25, 0.3) is 5.91 Å². The topological polar surface area (TPSA) is 41.1 Å². The van der Waals surface area contributed by atoms with E-state index in [0.29, 0.717) is 0 Å². The van der Waals surface area contributed by atoms with Crippen molar-refractivity contribution in [1.29, 1.82) is 0 Å². The molecule has 1 aliphatic rings. The van der Waals surface area contributed by atoms with Gasteiger partial charge < -0.3 is 10.6 Å². The second kappa shape index (κ2) is 5.44. The number of carbonyl (C=O) groups excluding carboxylic acids is 1. The summed E-state index contributed by atoms with van der Waals surface area (Å²) in [6, 6.07) is 3.43. The first-order valence-electron chi connectivity index (χ1n) is 6.08. The molecule has 18 heavy (non-hydrogen) atoms. The Hall–Kier alpha value is -1.49. The largest absolute Gasteiger partial charge is 0.348 e. The molecule has 1 fully saturated rings. The van der Waals surface area contributed by atoms with Gasteiger partial charge in [0.2, 0.25) is 0 Å². The number of hydrogen-bond acceptors (Lipinski definition) is 2. The Morgan fingerprint density at radius 2 is 2.06 bits per heavy atom. The summed E-state index contributed by atoms with van der Waals surface area (Å²) in [5.74, 6) is -2.35. The third-order valence-electron chi connectivity index (χ3n) is 3.27. The van der Waals surface area contributed by atoms with Crippen LogP contribution in [-0.2, 0) is 0 Å². The van der Waals surface area contributed by atoms with Crippen LogP contribution >= 0.6 is 0 Å². The van der Waals surface area contributed by atoms with Gasteiger partial charge >= 0.3 is 0 Å². The summed E-state index contributed by atoms with van der Waals surface area (Å²) in [6.45, 7) is 2.85. The molecule has 1 amide bonds. The molecule has 0 radical (unpaired) electrons. The van der Waals surface area contributed by atoms with Crippen molar-refractivity contribution in [2.75, 3.05) is 6.54 Å². The lowest BCUT2D eigenvalue weighted by Gasteiger charge is -2.30. The van der Waals surface area contributed by atoms with Crippen molar-refractivity contribution in [2.24, 2.45) is 0 Å². The minimum absolute atomic E-state index is 0.0924. The SMILES string of the molecule is CC1NCCCC1NC(=O)c1c(F)cccc1F.